The van der Waals surface area contributed by atoms with Crippen LogP contribution in [-0.2, 0) is 0 Å². The summed E-state index contributed by atoms with van der Waals surface area (Å²) >= 11 is 0. The first kappa shape index (κ1) is 17.0. The number of alkyl halides is 2. The zero-order valence-corrected chi connectivity index (χ0v) is 12.8. The molecule has 1 unspecified atom stereocenters. The van der Waals surface area contributed by atoms with Gasteiger partial charge in [-0.1, -0.05) is 12.1 Å². The maximum atomic E-state index is 12.2. The van der Waals surface area contributed by atoms with E-state index < -0.39 is 12.7 Å². The van der Waals surface area contributed by atoms with Crippen molar-refractivity contribution in [1.82, 2.24) is 10.3 Å². The van der Waals surface area contributed by atoms with Gasteiger partial charge in [-0.3, -0.25) is 4.79 Å². The number of ether oxygens (including phenoxy) is 1. The van der Waals surface area contributed by atoms with Crippen molar-refractivity contribution in [3.8, 4) is 5.75 Å². The first-order valence-corrected chi connectivity index (χ1v) is 7.04. The lowest BCUT2D eigenvalue weighted by molar-refractivity contribution is -0.0499. The van der Waals surface area contributed by atoms with Crippen molar-refractivity contribution in [2.45, 2.75) is 26.6 Å². The highest BCUT2D eigenvalue weighted by atomic mass is 19.3. The minimum atomic E-state index is -2.93. The Balaban J connectivity index is 1.98. The number of hydrogen-bond donors (Lipinski definition) is 3. The second-order valence-electron chi connectivity index (χ2n) is 5.19. The summed E-state index contributed by atoms with van der Waals surface area (Å²) in [6.45, 7) is 0.669. The van der Waals surface area contributed by atoms with Crippen molar-refractivity contribution in [1.29, 1.82) is 0 Å². The van der Waals surface area contributed by atoms with Gasteiger partial charge in [0, 0.05) is 12.2 Å². The molecule has 0 radical (unpaired) electrons. The predicted molar refractivity (Wildman–Crippen MR) is 80.6 cm³/mol. The number of rotatable bonds is 6. The van der Waals surface area contributed by atoms with E-state index in [2.05, 4.69) is 15.0 Å². The first-order valence-electron chi connectivity index (χ1n) is 7.04. The summed E-state index contributed by atoms with van der Waals surface area (Å²) in [5.74, 6) is -0.381. The Hall–Kier alpha value is -2.41. The molecule has 0 spiro atoms. The zero-order chi connectivity index (χ0) is 17.0. The molecule has 0 aliphatic carbocycles. The molecule has 2 aromatic rings. The van der Waals surface area contributed by atoms with Gasteiger partial charge in [0.2, 0.25) is 0 Å². The Morgan fingerprint density at radius 2 is 2.09 bits per heavy atom. The van der Waals surface area contributed by atoms with E-state index in [1.54, 1.807) is 13.0 Å². The maximum absolute atomic E-state index is 12.2. The number of amides is 1. The number of aliphatic hydroxyl groups excluding tert-OH is 1. The molecule has 2 rings (SSSR count). The van der Waals surface area contributed by atoms with Gasteiger partial charge in [0.25, 0.3) is 5.91 Å². The smallest absolute Gasteiger partial charge is 0.387 e. The number of carbonyl (C=O) groups excluding carboxylic acids is 1. The highest BCUT2D eigenvalue weighted by molar-refractivity contribution is 5.94. The monoisotopic (exact) mass is 324 g/mol. The lowest BCUT2D eigenvalue weighted by Crippen LogP contribution is -2.29. The molecule has 124 valence electrons. The Labute approximate surface area is 132 Å². The van der Waals surface area contributed by atoms with Gasteiger partial charge < -0.3 is 20.1 Å². The number of nitrogens with one attached hydrogen (secondary N) is 2. The van der Waals surface area contributed by atoms with Gasteiger partial charge in [0.05, 0.1) is 6.10 Å². The van der Waals surface area contributed by atoms with E-state index in [0.717, 1.165) is 11.3 Å². The topological polar surface area (TPSA) is 74.3 Å². The molecule has 5 nitrogen and oxygen atoms in total. The number of aliphatic hydroxyl groups is 1. The Kier molecular flexibility index (Phi) is 5.33. The van der Waals surface area contributed by atoms with Crippen LogP contribution < -0.4 is 10.1 Å². The largest absolute Gasteiger partial charge is 0.435 e. The molecule has 1 heterocycles. The van der Waals surface area contributed by atoms with Gasteiger partial charge in [0.15, 0.2) is 0 Å². The van der Waals surface area contributed by atoms with Crippen LogP contribution in [0, 0.1) is 13.8 Å². The van der Waals surface area contributed by atoms with Crippen LogP contribution in [0.5, 0.6) is 5.75 Å². The highest BCUT2D eigenvalue weighted by Crippen LogP contribution is 2.20. The quantitative estimate of drug-likeness (QED) is 0.765. The molecule has 1 atom stereocenters. The van der Waals surface area contributed by atoms with E-state index in [-0.39, 0.29) is 18.2 Å². The number of halogens is 2. The molecular weight excluding hydrogens is 306 g/mol. The van der Waals surface area contributed by atoms with Gasteiger partial charge in [-0.2, -0.15) is 8.78 Å². The van der Waals surface area contributed by atoms with E-state index in [9.17, 15) is 18.7 Å². The Morgan fingerprint density at radius 3 is 2.70 bits per heavy atom. The van der Waals surface area contributed by atoms with Crippen LogP contribution in [0.1, 0.15) is 33.4 Å². The molecule has 23 heavy (non-hydrogen) atoms. The van der Waals surface area contributed by atoms with Crippen molar-refractivity contribution in [2.75, 3.05) is 6.54 Å². The van der Waals surface area contributed by atoms with Gasteiger partial charge in [-0.25, -0.2) is 0 Å². The predicted octanol–water partition coefficient (Wildman–Crippen LogP) is 2.70. The second kappa shape index (κ2) is 7.23. The minimum absolute atomic E-state index is 0.0429. The third-order valence-corrected chi connectivity index (χ3v) is 3.30. The Morgan fingerprint density at radius 1 is 1.35 bits per heavy atom. The first-order chi connectivity index (χ1) is 10.9. The summed E-state index contributed by atoms with van der Waals surface area (Å²) in [4.78, 5) is 15.0. The van der Waals surface area contributed by atoms with E-state index in [0.29, 0.717) is 11.3 Å². The fourth-order valence-corrected chi connectivity index (χ4v) is 2.26. The molecule has 0 fully saturated rings. The molecule has 1 aromatic carbocycles. The molecular formula is C16H18F2N2O3. The van der Waals surface area contributed by atoms with Gasteiger partial charge in [0.1, 0.15) is 11.4 Å². The molecule has 1 aromatic heterocycles. The molecule has 0 aliphatic heterocycles. The normalized spacial score (nSPS) is 12.3. The van der Waals surface area contributed by atoms with E-state index >= 15 is 0 Å². The number of benzene rings is 1. The number of H-pyrrole nitrogens is 1. The summed E-state index contributed by atoms with van der Waals surface area (Å²) in [7, 11) is 0. The fraction of sp³-hybridized carbons (Fsp3) is 0.312. The number of aromatic nitrogens is 1. The van der Waals surface area contributed by atoms with Crippen LogP contribution in [0.2, 0.25) is 0 Å². The lowest BCUT2D eigenvalue weighted by Gasteiger charge is -2.13. The average molecular weight is 324 g/mol. The van der Waals surface area contributed by atoms with Crippen LogP contribution in [0.4, 0.5) is 8.78 Å². The van der Waals surface area contributed by atoms with Crippen LogP contribution >= 0.6 is 0 Å². The zero-order valence-electron chi connectivity index (χ0n) is 12.8. The van der Waals surface area contributed by atoms with Crippen molar-refractivity contribution in [3.05, 3.63) is 52.8 Å². The van der Waals surface area contributed by atoms with E-state index in [1.807, 2.05) is 13.0 Å². The molecule has 3 N–H and O–H groups in total. The number of aromatic amines is 1. The molecule has 0 bridgehead atoms. The second-order valence-corrected chi connectivity index (χ2v) is 5.19. The van der Waals surface area contributed by atoms with E-state index in [4.69, 9.17) is 0 Å². The summed E-state index contributed by atoms with van der Waals surface area (Å²) in [6, 6.07) is 7.59. The third kappa shape index (κ3) is 4.53. The van der Waals surface area contributed by atoms with Crippen LogP contribution in [0.3, 0.4) is 0 Å². The van der Waals surface area contributed by atoms with E-state index in [1.165, 1.54) is 18.2 Å². The maximum Gasteiger partial charge on any atom is 0.387 e. The van der Waals surface area contributed by atoms with Gasteiger partial charge >= 0.3 is 6.61 Å². The van der Waals surface area contributed by atoms with Crippen LogP contribution in [-0.4, -0.2) is 29.2 Å². The van der Waals surface area contributed by atoms with Crippen molar-refractivity contribution < 1.29 is 23.4 Å². The standard InChI is InChI=1S/C16H18F2N2O3/c1-9-6-10(2)20-14(9)15(22)19-8-13(21)11-4-3-5-12(7-11)23-16(17)18/h3-7,13,16,20-21H,8H2,1-2H3,(H,19,22). The molecule has 0 saturated heterocycles. The van der Waals surface area contributed by atoms with Crippen molar-refractivity contribution in [3.63, 3.8) is 0 Å². The van der Waals surface area contributed by atoms with Crippen molar-refractivity contribution in [2.24, 2.45) is 0 Å². The number of carbonyl (C=O) groups is 1. The third-order valence-electron chi connectivity index (χ3n) is 3.30. The average Bonchev–Trinajstić information content (AvgIpc) is 2.83. The minimum Gasteiger partial charge on any atom is -0.435 e. The molecule has 0 aliphatic rings. The molecule has 7 heteroatoms. The lowest BCUT2D eigenvalue weighted by atomic mass is 10.1. The summed E-state index contributed by atoms with van der Waals surface area (Å²) in [5.41, 5.74) is 2.49. The summed E-state index contributed by atoms with van der Waals surface area (Å²) in [6.07, 6.45) is -1.03. The fourth-order valence-electron chi connectivity index (χ4n) is 2.26. The highest BCUT2D eigenvalue weighted by Gasteiger charge is 2.15. The van der Waals surface area contributed by atoms with Crippen LogP contribution in [0.15, 0.2) is 30.3 Å². The summed E-state index contributed by atoms with van der Waals surface area (Å²) < 4.78 is 28.7. The Bertz CT molecular complexity index is 686. The van der Waals surface area contributed by atoms with Gasteiger partial charge in [-0.05, 0) is 43.2 Å². The molecule has 1 amide bonds. The van der Waals surface area contributed by atoms with Crippen molar-refractivity contribution >= 4 is 5.91 Å². The number of aryl methyl sites for hydroxylation is 2. The summed E-state index contributed by atoms with van der Waals surface area (Å²) in [5, 5.41) is 12.7. The molecule has 0 saturated carbocycles. The number of hydrogen-bond acceptors (Lipinski definition) is 3. The SMILES string of the molecule is Cc1cc(C)c(C(=O)NCC(O)c2cccc(OC(F)F)c2)[nH]1. The van der Waals surface area contributed by atoms with Gasteiger partial charge in [-0.15, -0.1) is 0 Å². The van der Waals surface area contributed by atoms with Crippen LogP contribution in [0.25, 0.3) is 0 Å².